The number of thiazole rings is 1. The van der Waals surface area contributed by atoms with Crippen LogP contribution in [0.25, 0.3) is 0 Å². The van der Waals surface area contributed by atoms with E-state index in [1.54, 1.807) is 17.5 Å². The van der Waals surface area contributed by atoms with E-state index < -0.39 is 5.60 Å². The van der Waals surface area contributed by atoms with Crippen LogP contribution in [-0.4, -0.2) is 39.6 Å². The maximum Gasteiger partial charge on any atom is 0.225 e. The second kappa shape index (κ2) is 6.48. The lowest BCUT2D eigenvalue weighted by molar-refractivity contribution is -0.136. The lowest BCUT2D eigenvalue weighted by Gasteiger charge is -2.27. The first-order chi connectivity index (χ1) is 9.13. The van der Waals surface area contributed by atoms with Crippen LogP contribution in [0.5, 0.6) is 0 Å². The van der Waals surface area contributed by atoms with Crippen molar-refractivity contribution in [2.24, 2.45) is 0 Å². The Morgan fingerprint density at radius 1 is 1.53 bits per heavy atom. The highest BCUT2D eigenvalue weighted by atomic mass is 32.1. The first-order valence-corrected chi connectivity index (χ1v) is 7.89. The molecule has 0 aromatic carbocycles. The highest BCUT2D eigenvalue weighted by Gasteiger charge is 2.34. The molecule has 0 saturated heterocycles. The van der Waals surface area contributed by atoms with Crippen molar-refractivity contribution in [2.45, 2.75) is 51.0 Å². The predicted octanol–water partition coefficient (Wildman–Crippen LogP) is 2.23. The SMILES string of the molecule is CCN(CCc1nccs1)C(=O)CC1(O)CCCC1. The van der Waals surface area contributed by atoms with Crippen LogP contribution >= 0.6 is 11.3 Å². The summed E-state index contributed by atoms with van der Waals surface area (Å²) in [4.78, 5) is 18.3. The van der Waals surface area contributed by atoms with Crippen LogP contribution in [0.4, 0.5) is 0 Å². The summed E-state index contributed by atoms with van der Waals surface area (Å²) in [7, 11) is 0. The fraction of sp³-hybridized carbons (Fsp3) is 0.714. The van der Waals surface area contributed by atoms with Gasteiger partial charge in [-0.3, -0.25) is 4.79 Å². The molecule has 0 atom stereocenters. The Morgan fingerprint density at radius 2 is 2.26 bits per heavy atom. The van der Waals surface area contributed by atoms with Crippen LogP contribution in [-0.2, 0) is 11.2 Å². The van der Waals surface area contributed by atoms with E-state index in [1.165, 1.54) is 0 Å². The number of carbonyl (C=O) groups is 1. The number of carbonyl (C=O) groups excluding carboxylic acids is 1. The third-order valence-electron chi connectivity index (χ3n) is 3.83. The highest BCUT2D eigenvalue weighted by Crippen LogP contribution is 2.32. The van der Waals surface area contributed by atoms with Crippen molar-refractivity contribution in [3.63, 3.8) is 0 Å². The van der Waals surface area contributed by atoms with Gasteiger partial charge in [-0.1, -0.05) is 12.8 Å². The zero-order valence-electron chi connectivity index (χ0n) is 11.5. The van der Waals surface area contributed by atoms with E-state index in [0.717, 1.165) is 37.1 Å². The molecule has 106 valence electrons. The molecule has 1 heterocycles. The summed E-state index contributed by atoms with van der Waals surface area (Å²) in [5.41, 5.74) is -0.744. The van der Waals surface area contributed by atoms with Crippen molar-refractivity contribution in [2.75, 3.05) is 13.1 Å². The van der Waals surface area contributed by atoms with Crippen molar-refractivity contribution >= 4 is 17.2 Å². The molecule has 1 aliphatic carbocycles. The second-order valence-corrected chi connectivity index (χ2v) is 6.24. The van der Waals surface area contributed by atoms with Crippen molar-refractivity contribution in [1.29, 1.82) is 0 Å². The molecule has 0 aliphatic heterocycles. The number of aromatic nitrogens is 1. The second-order valence-electron chi connectivity index (χ2n) is 5.26. The molecule has 1 fully saturated rings. The summed E-state index contributed by atoms with van der Waals surface area (Å²) in [5, 5.41) is 13.3. The number of hydrogen-bond acceptors (Lipinski definition) is 4. The third-order valence-corrected chi connectivity index (χ3v) is 4.67. The minimum atomic E-state index is -0.744. The van der Waals surface area contributed by atoms with Crippen molar-refractivity contribution in [3.05, 3.63) is 16.6 Å². The fourth-order valence-corrected chi connectivity index (χ4v) is 3.28. The van der Waals surface area contributed by atoms with E-state index in [1.807, 2.05) is 17.2 Å². The van der Waals surface area contributed by atoms with Crippen LogP contribution in [0.2, 0.25) is 0 Å². The van der Waals surface area contributed by atoms with Gasteiger partial charge in [0.2, 0.25) is 5.91 Å². The quantitative estimate of drug-likeness (QED) is 0.870. The van der Waals surface area contributed by atoms with Crippen LogP contribution in [0, 0.1) is 0 Å². The summed E-state index contributed by atoms with van der Waals surface area (Å²) in [6.45, 7) is 3.37. The van der Waals surface area contributed by atoms with Gasteiger partial charge in [0.1, 0.15) is 0 Å². The Balaban J connectivity index is 1.84. The molecule has 2 rings (SSSR count). The monoisotopic (exact) mass is 282 g/mol. The van der Waals surface area contributed by atoms with E-state index >= 15 is 0 Å². The largest absolute Gasteiger partial charge is 0.389 e. The van der Waals surface area contributed by atoms with Gasteiger partial charge in [0, 0.05) is 31.1 Å². The van der Waals surface area contributed by atoms with E-state index in [4.69, 9.17) is 0 Å². The maximum atomic E-state index is 12.2. The zero-order chi connectivity index (χ0) is 13.7. The van der Waals surface area contributed by atoms with Crippen molar-refractivity contribution in [3.8, 4) is 0 Å². The molecule has 0 radical (unpaired) electrons. The Bertz CT molecular complexity index is 400. The minimum Gasteiger partial charge on any atom is -0.389 e. The molecular weight excluding hydrogens is 260 g/mol. The molecule has 4 nitrogen and oxygen atoms in total. The van der Waals surface area contributed by atoms with Gasteiger partial charge in [-0.2, -0.15) is 0 Å². The lowest BCUT2D eigenvalue weighted by atomic mass is 9.97. The topological polar surface area (TPSA) is 53.4 Å². The smallest absolute Gasteiger partial charge is 0.225 e. The van der Waals surface area contributed by atoms with Gasteiger partial charge in [-0.05, 0) is 19.8 Å². The minimum absolute atomic E-state index is 0.0726. The number of likely N-dealkylation sites (N-methyl/N-ethyl adjacent to an activating group) is 1. The number of aliphatic hydroxyl groups is 1. The molecule has 1 aliphatic rings. The zero-order valence-corrected chi connectivity index (χ0v) is 12.3. The van der Waals surface area contributed by atoms with Crippen LogP contribution in [0.3, 0.4) is 0 Å². The van der Waals surface area contributed by atoms with Gasteiger partial charge >= 0.3 is 0 Å². The Kier molecular flexibility index (Phi) is 4.93. The van der Waals surface area contributed by atoms with Gasteiger partial charge in [0.15, 0.2) is 0 Å². The molecular formula is C14H22N2O2S. The van der Waals surface area contributed by atoms with Crippen LogP contribution < -0.4 is 0 Å². The normalized spacial score (nSPS) is 17.6. The standard InChI is InChI=1S/C14H22N2O2S/c1-2-16(9-5-12-15-8-10-19-12)13(17)11-14(18)6-3-4-7-14/h8,10,18H,2-7,9,11H2,1H3. The molecule has 1 N–H and O–H groups in total. The summed E-state index contributed by atoms with van der Waals surface area (Å²) in [5.74, 6) is 0.0726. The molecule has 19 heavy (non-hydrogen) atoms. The average Bonchev–Trinajstić information content (AvgIpc) is 3.01. The molecule has 0 spiro atoms. The fourth-order valence-electron chi connectivity index (χ4n) is 2.67. The van der Waals surface area contributed by atoms with E-state index in [-0.39, 0.29) is 12.3 Å². The van der Waals surface area contributed by atoms with Crippen molar-refractivity contribution in [1.82, 2.24) is 9.88 Å². The van der Waals surface area contributed by atoms with E-state index in [9.17, 15) is 9.90 Å². The average molecular weight is 282 g/mol. The van der Waals surface area contributed by atoms with Crippen LogP contribution in [0.1, 0.15) is 44.0 Å². The van der Waals surface area contributed by atoms with E-state index in [0.29, 0.717) is 13.1 Å². The van der Waals surface area contributed by atoms with Gasteiger partial charge in [-0.15, -0.1) is 11.3 Å². The number of amides is 1. The Labute approximate surface area is 118 Å². The Morgan fingerprint density at radius 3 is 2.84 bits per heavy atom. The summed E-state index contributed by atoms with van der Waals surface area (Å²) >= 11 is 1.62. The van der Waals surface area contributed by atoms with Gasteiger partial charge in [-0.25, -0.2) is 4.98 Å². The maximum absolute atomic E-state index is 12.2. The lowest BCUT2D eigenvalue weighted by Crippen LogP contribution is -2.39. The summed E-state index contributed by atoms with van der Waals surface area (Å²) < 4.78 is 0. The number of hydrogen-bond donors (Lipinski definition) is 1. The first-order valence-electron chi connectivity index (χ1n) is 7.01. The molecule has 5 heteroatoms. The summed E-state index contributed by atoms with van der Waals surface area (Å²) in [6, 6.07) is 0. The molecule has 1 aromatic heterocycles. The third kappa shape index (κ3) is 4.01. The molecule has 1 saturated carbocycles. The number of rotatable bonds is 6. The van der Waals surface area contributed by atoms with Crippen molar-refractivity contribution < 1.29 is 9.90 Å². The first kappa shape index (κ1) is 14.5. The van der Waals surface area contributed by atoms with Crippen LogP contribution in [0.15, 0.2) is 11.6 Å². The Hall–Kier alpha value is -0.940. The van der Waals surface area contributed by atoms with E-state index in [2.05, 4.69) is 4.98 Å². The number of nitrogens with zero attached hydrogens (tertiary/aromatic N) is 2. The van der Waals surface area contributed by atoms with Gasteiger partial charge in [0.25, 0.3) is 0 Å². The van der Waals surface area contributed by atoms with Gasteiger partial charge < -0.3 is 10.0 Å². The predicted molar refractivity (Wildman–Crippen MR) is 76.1 cm³/mol. The summed E-state index contributed by atoms with van der Waals surface area (Å²) in [6.07, 6.45) is 6.48. The van der Waals surface area contributed by atoms with Gasteiger partial charge in [0.05, 0.1) is 17.0 Å². The molecule has 1 aromatic rings. The molecule has 0 unspecified atom stereocenters. The highest BCUT2D eigenvalue weighted by molar-refractivity contribution is 7.09. The molecule has 0 bridgehead atoms. The molecule has 1 amide bonds.